The summed E-state index contributed by atoms with van der Waals surface area (Å²) in [5.41, 5.74) is 1.24. The standard InChI is InChI=1S/C22H30N2O2/c1-3-23(4-2)15-10-16-24(19-11-6-5-7-12-19)17-20-18-25-21-13-8-9-14-22(21)26-20/h5-9,11-14,20H,3-4,10,15-18H2,1-2H3. The highest BCUT2D eigenvalue weighted by atomic mass is 16.6. The van der Waals surface area contributed by atoms with Crippen molar-refractivity contribution in [3.63, 3.8) is 0 Å². The molecule has 2 aromatic carbocycles. The van der Waals surface area contributed by atoms with Crippen LogP contribution in [0.5, 0.6) is 11.5 Å². The topological polar surface area (TPSA) is 24.9 Å². The van der Waals surface area contributed by atoms with Gasteiger partial charge in [-0.1, -0.05) is 44.2 Å². The molecule has 0 saturated carbocycles. The molecule has 1 atom stereocenters. The number of para-hydroxylation sites is 3. The lowest BCUT2D eigenvalue weighted by molar-refractivity contribution is 0.0950. The second kappa shape index (κ2) is 9.48. The van der Waals surface area contributed by atoms with Crippen LogP contribution < -0.4 is 14.4 Å². The van der Waals surface area contributed by atoms with Crippen LogP contribution >= 0.6 is 0 Å². The Morgan fingerprint density at radius 1 is 0.885 bits per heavy atom. The van der Waals surface area contributed by atoms with E-state index < -0.39 is 0 Å². The summed E-state index contributed by atoms with van der Waals surface area (Å²) in [4.78, 5) is 4.89. The largest absolute Gasteiger partial charge is 0.486 e. The predicted molar refractivity (Wildman–Crippen MR) is 107 cm³/mol. The molecule has 0 fully saturated rings. The molecule has 3 rings (SSSR count). The second-order valence-electron chi connectivity index (χ2n) is 6.66. The molecule has 26 heavy (non-hydrogen) atoms. The molecule has 140 valence electrons. The van der Waals surface area contributed by atoms with Crippen LogP contribution in [0.4, 0.5) is 5.69 Å². The molecule has 0 aliphatic carbocycles. The van der Waals surface area contributed by atoms with E-state index in [0.29, 0.717) is 6.61 Å². The van der Waals surface area contributed by atoms with Gasteiger partial charge in [0.1, 0.15) is 6.61 Å². The van der Waals surface area contributed by atoms with E-state index in [0.717, 1.165) is 50.6 Å². The Kier molecular flexibility index (Phi) is 6.78. The van der Waals surface area contributed by atoms with Crippen molar-refractivity contribution in [3.05, 3.63) is 54.6 Å². The quantitative estimate of drug-likeness (QED) is 0.678. The molecule has 0 bridgehead atoms. The van der Waals surface area contributed by atoms with Crippen molar-refractivity contribution in [1.29, 1.82) is 0 Å². The summed E-state index contributed by atoms with van der Waals surface area (Å²) in [6.45, 7) is 10.2. The van der Waals surface area contributed by atoms with Crippen molar-refractivity contribution >= 4 is 5.69 Å². The Morgan fingerprint density at radius 3 is 2.31 bits per heavy atom. The van der Waals surface area contributed by atoms with Crippen LogP contribution in [0.3, 0.4) is 0 Å². The molecule has 1 aliphatic heterocycles. The lowest BCUT2D eigenvalue weighted by atomic mass is 10.2. The van der Waals surface area contributed by atoms with Crippen molar-refractivity contribution < 1.29 is 9.47 Å². The Bertz CT molecular complexity index is 658. The summed E-state index contributed by atoms with van der Waals surface area (Å²) >= 11 is 0. The fraction of sp³-hybridized carbons (Fsp3) is 0.455. The minimum absolute atomic E-state index is 0.0403. The van der Waals surface area contributed by atoms with Crippen molar-refractivity contribution in [2.24, 2.45) is 0 Å². The first-order valence-corrected chi connectivity index (χ1v) is 9.71. The second-order valence-corrected chi connectivity index (χ2v) is 6.66. The molecular weight excluding hydrogens is 324 g/mol. The highest BCUT2D eigenvalue weighted by Gasteiger charge is 2.23. The number of fused-ring (bicyclic) bond motifs is 1. The summed E-state index contributed by atoms with van der Waals surface area (Å²) in [6, 6.07) is 18.5. The number of ether oxygens (including phenoxy) is 2. The molecule has 4 nitrogen and oxygen atoms in total. The van der Waals surface area contributed by atoms with Gasteiger partial charge >= 0.3 is 0 Å². The zero-order valence-electron chi connectivity index (χ0n) is 15.9. The van der Waals surface area contributed by atoms with Crippen molar-refractivity contribution in [3.8, 4) is 11.5 Å². The molecule has 0 N–H and O–H groups in total. The Labute approximate surface area is 157 Å². The summed E-state index contributed by atoms with van der Waals surface area (Å²) in [5, 5.41) is 0. The summed E-state index contributed by atoms with van der Waals surface area (Å²) in [5.74, 6) is 1.69. The fourth-order valence-electron chi connectivity index (χ4n) is 3.39. The van der Waals surface area contributed by atoms with Gasteiger partial charge in [-0.3, -0.25) is 0 Å². The maximum Gasteiger partial charge on any atom is 0.161 e. The Hall–Kier alpha value is -2.20. The Morgan fingerprint density at radius 2 is 1.58 bits per heavy atom. The fourth-order valence-corrected chi connectivity index (χ4v) is 3.39. The lowest BCUT2D eigenvalue weighted by Crippen LogP contribution is -2.42. The number of rotatable bonds is 9. The minimum atomic E-state index is 0.0403. The summed E-state index contributed by atoms with van der Waals surface area (Å²) in [6.07, 6.45) is 1.18. The average Bonchev–Trinajstić information content (AvgIpc) is 2.71. The van der Waals surface area contributed by atoms with Crippen molar-refractivity contribution in [2.75, 3.05) is 44.2 Å². The number of hydrogen-bond donors (Lipinski definition) is 0. The van der Waals surface area contributed by atoms with E-state index in [-0.39, 0.29) is 6.10 Å². The van der Waals surface area contributed by atoms with Crippen molar-refractivity contribution in [2.45, 2.75) is 26.4 Å². The zero-order valence-corrected chi connectivity index (χ0v) is 15.9. The van der Waals surface area contributed by atoms with Crippen LogP contribution in [0.2, 0.25) is 0 Å². The van der Waals surface area contributed by atoms with Gasteiger partial charge in [0.05, 0.1) is 6.54 Å². The van der Waals surface area contributed by atoms with Crippen LogP contribution in [0, 0.1) is 0 Å². The summed E-state index contributed by atoms with van der Waals surface area (Å²) < 4.78 is 12.1. The smallest absolute Gasteiger partial charge is 0.161 e. The van der Waals surface area contributed by atoms with Crippen LogP contribution in [0.1, 0.15) is 20.3 Å². The molecule has 0 radical (unpaired) electrons. The maximum absolute atomic E-state index is 6.18. The third-order valence-corrected chi connectivity index (χ3v) is 4.91. The maximum atomic E-state index is 6.18. The molecule has 4 heteroatoms. The van der Waals surface area contributed by atoms with Crippen LogP contribution in [-0.2, 0) is 0 Å². The van der Waals surface area contributed by atoms with E-state index in [9.17, 15) is 0 Å². The average molecular weight is 354 g/mol. The van der Waals surface area contributed by atoms with E-state index in [2.05, 4.69) is 54.0 Å². The van der Waals surface area contributed by atoms with Gasteiger partial charge in [0.2, 0.25) is 0 Å². The minimum Gasteiger partial charge on any atom is -0.486 e. The normalized spacial score (nSPS) is 15.9. The third kappa shape index (κ3) is 4.92. The zero-order chi connectivity index (χ0) is 18.2. The van der Waals surface area contributed by atoms with E-state index in [4.69, 9.17) is 9.47 Å². The van der Waals surface area contributed by atoms with Crippen LogP contribution in [0.15, 0.2) is 54.6 Å². The Balaban J connectivity index is 1.63. The third-order valence-electron chi connectivity index (χ3n) is 4.91. The van der Waals surface area contributed by atoms with Gasteiger partial charge in [0.25, 0.3) is 0 Å². The highest BCUT2D eigenvalue weighted by molar-refractivity contribution is 5.46. The van der Waals surface area contributed by atoms with E-state index in [1.54, 1.807) is 0 Å². The van der Waals surface area contributed by atoms with Gasteiger partial charge in [-0.2, -0.15) is 0 Å². The van der Waals surface area contributed by atoms with Crippen LogP contribution in [0.25, 0.3) is 0 Å². The summed E-state index contributed by atoms with van der Waals surface area (Å²) in [7, 11) is 0. The van der Waals surface area contributed by atoms with Gasteiger partial charge in [0.15, 0.2) is 17.6 Å². The van der Waals surface area contributed by atoms with Crippen molar-refractivity contribution in [1.82, 2.24) is 4.90 Å². The number of hydrogen-bond acceptors (Lipinski definition) is 4. The monoisotopic (exact) mass is 354 g/mol. The number of benzene rings is 2. The lowest BCUT2D eigenvalue weighted by Gasteiger charge is -2.33. The molecule has 0 amide bonds. The molecule has 2 aromatic rings. The van der Waals surface area contributed by atoms with Gasteiger partial charge in [0, 0.05) is 12.2 Å². The van der Waals surface area contributed by atoms with Gasteiger partial charge in [-0.15, -0.1) is 0 Å². The van der Waals surface area contributed by atoms with Gasteiger partial charge in [-0.25, -0.2) is 0 Å². The number of nitrogens with zero attached hydrogens (tertiary/aromatic N) is 2. The van der Waals surface area contributed by atoms with E-state index in [1.165, 1.54) is 5.69 Å². The first-order valence-electron chi connectivity index (χ1n) is 9.71. The van der Waals surface area contributed by atoms with Gasteiger partial charge in [-0.05, 0) is 50.3 Å². The molecular formula is C22H30N2O2. The molecule has 0 spiro atoms. The SMILES string of the molecule is CCN(CC)CCCN(CC1COc2ccccc2O1)c1ccccc1. The first-order chi connectivity index (χ1) is 12.8. The van der Waals surface area contributed by atoms with Gasteiger partial charge < -0.3 is 19.3 Å². The molecule has 0 aromatic heterocycles. The first kappa shape index (κ1) is 18.6. The van der Waals surface area contributed by atoms with Crippen LogP contribution in [-0.4, -0.2) is 50.3 Å². The molecule has 1 unspecified atom stereocenters. The highest BCUT2D eigenvalue weighted by Crippen LogP contribution is 2.31. The van der Waals surface area contributed by atoms with E-state index >= 15 is 0 Å². The predicted octanol–water partition coefficient (Wildman–Crippen LogP) is 4.06. The molecule has 0 saturated heterocycles. The molecule has 1 aliphatic rings. The molecule has 1 heterocycles. The van der Waals surface area contributed by atoms with E-state index in [1.807, 2.05) is 24.3 Å². The number of anilines is 1.